The van der Waals surface area contributed by atoms with Crippen molar-refractivity contribution in [2.75, 3.05) is 13.1 Å². The fourth-order valence-corrected chi connectivity index (χ4v) is 5.61. The summed E-state index contributed by atoms with van der Waals surface area (Å²) < 4.78 is 43.8. The van der Waals surface area contributed by atoms with Gasteiger partial charge >= 0.3 is 0 Å². The van der Waals surface area contributed by atoms with Gasteiger partial charge in [-0.15, -0.1) is 0 Å². The predicted molar refractivity (Wildman–Crippen MR) is 133 cm³/mol. The second-order valence-corrected chi connectivity index (χ2v) is 10.0. The van der Waals surface area contributed by atoms with Crippen molar-refractivity contribution in [1.29, 1.82) is 0 Å². The molecule has 0 saturated heterocycles. The molecule has 4 aromatic rings. The maximum Gasteiger partial charge on any atom is 0.255 e. The lowest BCUT2D eigenvalue weighted by Gasteiger charge is -2.21. The predicted octanol–water partition coefficient (Wildman–Crippen LogP) is 4.26. The highest BCUT2D eigenvalue weighted by molar-refractivity contribution is 7.89. The number of benzene rings is 3. The topological polar surface area (TPSA) is 84.3 Å². The summed E-state index contributed by atoms with van der Waals surface area (Å²) >= 11 is 0. The van der Waals surface area contributed by atoms with Gasteiger partial charge in [-0.2, -0.15) is 4.31 Å². The van der Waals surface area contributed by atoms with Crippen molar-refractivity contribution in [3.05, 3.63) is 95.6 Å². The molecule has 3 aromatic carbocycles. The minimum absolute atomic E-state index is 0.133. The van der Waals surface area contributed by atoms with Gasteiger partial charge in [0.05, 0.1) is 21.5 Å². The van der Waals surface area contributed by atoms with Crippen LogP contribution in [0.1, 0.15) is 41.6 Å². The lowest BCUT2D eigenvalue weighted by molar-refractivity contribution is 0.0937. The standard InChI is InChI=1S/C26H27FN4O3S/c1-4-31(5-2)35(33,34)19-15-16-21(27)20(17-19)26(32)29-24(18-11-7-6-8-12-18)25-28-22-13-9-10-14-23(22)30(25)3/h6-17,24H,4-5H2,1-3H3,(H,29,32)/t24-/m1/s1. The van der Waals surface area contributed by atoms with E-state index in [0.29, 0.717) is 5.82 Å². The number of aryl methyl sites for hydroxylation is 1. The van der Waals surface area contributed by atoms with Crippen molar-refractivity contribution in [2.45, 2.75) is 24.8 Å². The minimum atomic E-state index is -3.86. The number of nitrogens with one attached hydrogen (secondary N) is 1. The van der Waals surface area contributed by atoms with Crippen LogP contribution in [-0.4, -0.2) is 41.3 Å². The van der Waals surface area contributed by atoms with Gasteiger partial charge in [-0.1, -0.05) is 56.3 Å². The molecule has 35 heavy (non-hydrogen) atoms. The Morgan fingerprint density at radius 3 is 2.34 bits per heavy atom. The number of amides is 1. The van der Waals surface area contributed by atoms with Crippen molar-refractivity contribution < 1.29 is 17.6 Å². The first-order valence-electron chi connectivity index (χ1n) is 11.3. The Hall–Kier alpha value is -3.56. The lowest BCUT2D eigenvalue weighted by Crippen LogP contribution is -2.33. The van der Waals surface area contributed by atoms with Crippen molar-refractivity contribution in [2.24, 2.45) is 7.05 Å². The van der Waals surface area contributed by atoms with Crippen LogP contribution >= 0.6 is 0 Å². The van der Waals surface area contributed by atoms with Gasteiger partial charge in [-0.3, -0.25) is 4.79 Å². The molecular formula is C26H27FN4O3S. The molecule has 1 heterocycles. The molecule has 0 spiro atoms. The molecule has 0 aliphatic carbocycles. The fourth-order valence-electron chi connectivity index (χ4n) is 4.13. The van der Waals surface area contributed by atoms with Crippen LogP contribution in [0.25, 0.3) is 11.0 Å². The van der Waals surface area contributed by atoms with Gasteiger partial charge < -0.3 is 9.88 Å². The molecule has 0 unspecified atom stereocenters. The number of carbonyl (C=O) groups is 1. The van der Waals surface area contributed by atoms with E-state index in [1.165, 1.54) is 10.4 Å². The van der Waals surface area contributed by atoms with Gasteiger partial charge in [0.1, 0.15) is 17.7 Å². The Balaban J connectivity index is 1.76. The maximum atomic E-state index is 14.8. The first kappa shape index (κ1) is 24.6. The molecule has 0 saturated carbocycles. The van der Waals surface area contributed by atoms with E-state index in [4.69, 9.17) is 4.98 Å². The monoisotopic (exact) mass is 494 g/mol. The number of fused-ring (bicyclic) bond motifs is 1. The molecular weight excluding hydrogens is 467 g/mol. The molecule has 0 bridgehead atoms. The van der Waals surface area contributed by atoms with E-state index in [0.717, 1.165) is 28.7 Å². The summed E-state index contributed by atoms with van der Waals surface area (Å²) in [5.41, 5.74) is 2.05. The van der Waals surface area contributed by atoms with Crippen LogP contribution in [-0.2, 0) is 17.1 Å². The van der Waals surface area contributed by atoms with E-state index < -0.39 is 27.8 Å². The fraction of sp³-hybridized carbons (Fsp3) is 0.231. The number of rotatable bonds is 8. The molecule has 1 N–H and O–H groups in total. The number of nitrogens with zero attached hydrogens (tertiary/aromatic N) is 3. The summed E-state index contributed by atoms with van der Waals surface area (Å²) in [6, 6.07) is 19.4. The number of halogens is 1. The largest absolute Gasteiger partial charge is 0.338 e. The number of sulfonamides is 1. The smallest absolute Gasteiger partial charge is 0.255 e. The Bertz CT molecular complexity index is 1460. The molecule has 0 aliphatic heterocycles. The first-order chi connectivity index (χ1) is 16.8. The summed E-state index contributed by atoms with van der Waals surface area (Å²) in [6.07, 6.45) is 0. The zero-order chi connectivity index (χ0) is 25.2. The quantitative estimate of drug-likeness (QED) is 0.397. The van der Waals surface area contributed by atoms with Crippen LogP contribution in [0.5, 0.6) is 0 Å². The van der Waals surface area contributed by atoms with Gasteiger partial charge in [0.15, 0.2) is 0 Å². The third kappa shape index (κ3) is 4.69. The molecule has 0 fully saturated rings. The molecule has 1 atom stereocenters. The van der Waals surface area contributed by atoms with Gasteiger partial charge in [-0.25, -0.2) is 17.8 Å². The van der Waals surface area contributed by atoms with Crippen LogP contribution in [0.4, 0.5) is 4.39 Å². The summed E-state index contributed by atoms with van der Waals surface area (Å²) in [5.74, 6) is -0.976. The van der Waals surface area contributed by atoms with E-state index in [9.17, 15) is 17.6 Å². The minimum Gasteiger partial charge on any atom is -0.338 e. The normalized spacial score (nSPS) is 12.7. The van der Waals surface area contributed by atoms with Crippen molar-refractivity contribution in [1.82, 2.24) is 19.2 Å². The highest BCUT2D eigenvalue weighted by Gasteiger charge is 2.27. The summed E-state index contributed by atoms with van der Waals surface area (Å²) in [6.45, 7) is 3.97. The van der Waals surface area contributed by atoms with E-state index >= 15 is 0 Å². The van der Waals surface area contributed by atoms with E-state index in [1.54, 1.807) is 13.8 Å². The van der Waals surface area contributed by atoms with Crippen LogP contribution in [0.3, 0.4) is 0 Å². The van der Waals surface area contributed by atoms with Crippen molar-refractivity contribution >= 4 is 27.0 Å². The van der Waals surface area contributed by atoms with Crippen LogP contribution < -0.4 is 5.32 Å². The van der Waals surface area contributed by atoms with Gasteiger partial charge in [0.25, 0.3) is 5.91 Å². The number of hydrogen-bond acceptors (Lipinski definition) is 4. The zero-order valence-electron chi connectivity index (χ0n) is 19.8. The number of carbonyl (C=O) groups excluding carboxylic acids is 1. The van der Waals surface area contributed by atoms with Crippen LogP contribution in [0, 0.1) is 5.82 Å². The Morgan fingerprint density at radius 2 is 1.69 bits per heavy atom. The van der Waals surface area contributed by atoms with Crippen molar-refractivity contribution in [3.8, 4) is 0 Å². The van der Waals surface area contributed by atoms with Gasteiger partial charge in [0, 0.05) is 20.1 Å². The van der Waals surface area contributed by atoms with E-state index in [2.05, 4.69) is 5.32 Å². The maximum absolute atomic E-state index is 14.8. The molecule has 1 amide bonds. The number of aromatic nitrogens is 2. The van der Waals surface area contributed by atoms with E-state index in [-0.39, 0.29) is 23.5 Å². The average molecular weight is 495 g/mol. The zero-order valence-corrected chi connectivity index (χ0v) is 20.6. The highest BCUT2D eigenvalue weighted by atomic mass is 32.2. The Morgan fingerprint density at radius 1 is 1.03 bits per heavy atom. The highest BCUT2D eigenvalue weighted by Crippen LogP contribution is 2.26. The second-order valence-electron chi connectivity index (χ2n) is 8.07. The molecule has 1 aromatic heterocycles. The number of hydrogen-bond donors (Lipinski definition) is 1. The Kier molecular flexibility index (Phi) is 7.00. The summed E-state index contributed by atoms with van der Waals surface area (Å²) in [7, 11) is -2.01. The van der Waals surface area contributed by atoms with Gasteiger partial charge in [0.2, 0.25) is 10.0 Å². The van der Waals surface area contributed by atoms with Crippen LogP contribution in [0.2, 0.25) is 0 Å². The molecule has 0 aliphatic rings. The lowest BCUT2D eigenvalue weighted by atomic mass is 10.1. The second kappa shape index (κ2) is 9.97. The van der Waals surface area contributed by atoms with Gasteiger partial charge in [-0.05, 0) is 35.9 Å². The molecule has 0 radical (unpaired) electrons. The number of para-hydroxylation sites is 2. The molecule has 9 heteroatoms. The molecule has 4 rings (SSSR count). The van der Waals surface area contributed by atoms with Crippen LogP contribution in [0.15, 0.2) is 77.7 Å². The first-order valence-corrected chi connectivity index (χ1v) is 12.8. The SMILES string of the molecule is CCN(CC)S(=O)(=O)c1ccc(F)c(C(=O)N[C@H](c2ccccc2)c2nc3ccccc3n2C)c1. The summed E-state index contributed by atoms with van der Waals surface area (Å²) in [4.78, 5) is 17.9. The third-order valence-electron chi connectivity index (χ3n) is 6.01. The van der Waals surface area contributed by atoms with E-state index in [1.807, 2.05) is 66.2 Å². The Labute approximate surface area is 204 Å². The molecule has 182 valence electrons. The third-order valence-corrected chi connectivity index (χ3v) is 8.06. The molecule has 7 nitrogen and oxygen atoms in total. The average Bonchev–Trinajstić information content (AvgIpc) is 3.20. The van der Waals surface area contributed by atoms with Crippen molar-refractivity contribution in [3.63, 3.8) is 0 Å². The number of imidazole rings is 1. The summed E-state index contributed by atoms with van der Waals surface area (Å²) in [5, 5.41) is 2.87.